The molecule has 1 aliphatic heterocycles. The number of amides is 3. The molecule has 3 amide bonds. The van der Waals surface area contributed by atoms with Crippen LogP contribution in [0.4, 0.5) is 0 Å². The summed E-state index contributed by atoms with van der Waals surface area (Å²) in [4.78, 5) is 50.2. The Morgan fingerprint density at radius 1 is 1.16 bits per heavy atom. The summed E-state index contributed by atoms with van der Waals surface area (Å²) in [6.45, 7) is -0.436. The molecule has 11 nitrogen and oxygen atoms in total. The number of phenolic OH excluding ortho intramolecular Hbond substituents is 1. The number of nitrogens with zero attached hydrogens (tertiary/aromatic N) is 1. The molecule has 0 aromatic heterocycles. The highest BCUT2D eigenvalue weighted by atomic mass is 32.1. The van der Waals surface area contributed by atoms with E-state index in [0.717, 1.165) is 5.56 Å². The van der Waals surface area contributed by atoms with E-state index in [-0.39, 0.29) is 17.9 Å². The second-order valence-corrected chi connectivity index (χ2v) is 7.86. The minimum atomic E-state index is -1.38. The number of aliphatic carboxylic acids is 1. The molecule has 0 aliphatic carbocycles. The van der Waals surface area contributed by atoms with Crippen molar-refractivity contribution in [3.63, 3.8) is 0 Å². The number of hydrogen-bond acceptors (Lipinski definition) is 8. The molecular formula is C20H28N4O7S. The zero-order valence-electron chi connectivity index (χ0n) is 17.3. The fraction of sp³-hybridized carbons (Fsp3) is 0.500. The van der Waals surface area contributed by atoms with E-state index in [0.29, 0.717) is 19.4 Å². The lowest BCUT2D eigenvalue weighted by molar-refractivity contribution is -0.142. The normalized spacial score (nSPS) is 18.5. The van der Waals surface area contributed by atoms with Gasteiger partial charge in [0.1, 0.15) is 23.9 Å². The highest BCUT2D eigenvalue weighted by Gasteiger charge is 2.37. The Morgan fingerprint density at radius 3 is 2.38 bits per heavy atom. The fourth-order valence-electron chi connectivity index (χ4n) is 3.41. The molecule has 1 saturated heterocycles. The Balaban J connectivity index is 2.00. The van der Waals surface area contributed by atoms with Gasteiger partial charge in [-0.25, -0.2) is 4.79 Å². The molecule has 176 valence electrons. The van der Waals surface area contributed by atoms with Crippen LogP contribution in [0.1, 0.15) is 18.4 Å². The van der Waals surface area contributed by atoms with E-state index in [1.165, 1.54) is 17.0 Å². The van der Waals surface area contributed by atoms with Crippen molar-refractivity contribution < 1.29 is 34.5 Å². The molecule has 0 bridgehead atoms. The molecule has 12 heteroatoms. The van der Waals surface area contributed by atoms with Crippen LogP contribution in [-0.4, -0.2) is 87.0 Å². The van der Waals surface area contributed by atoms with E-state index >= 15 is 0 Å². The summed E-state index contributed by atoms with van der Waals surface area (Å²) in [5, 5.41) is 32.4. The van der Waals surface area contributed by atoms with Gasteiger partial charge in [0.2, 0.25) is 17.7 Å². The van der Waals surface area contributed by atoms with Gasteiger partial charge < -0.3 is 36.6 Å². The third-order valence-electron chi connectivity index (χ3n) is 5.16. The third kappa shape index (κ3) is 6.58. The van der Waals surface area contributed by atoms with Crippen molar-refractivity contribution in [1.29, 1.82) is 0 Å². The van der Waals surface area contributed by atoms with Gasteiger partial charge in [0.15, 0.2) is 0 Å². The van der Waals surface area contributed by atoms with E-state index in [1.807, 2.05) is 0 Å². The number of rotatable bonds is 10. The minimum absolute atomic E-state index is 0.0939. The van der Waals surface area contributed by atoms with Crippen LogP contribution in [0.5, 0.6) is 5.75 Å². The summed E-state index contributed by atoms with van der Waals surface area (Å²) in [6.07, 6.45) is 1.13. The van der Waals surface area contributed by atoms with Crippen molar-refractivity contribution in [3.05, 3.63) is 29.8 Å². The second-order valence-electron chi connectivity index (χ2n) is 7.49. The minimum Gasteiger partial charge on any atom is -0.508 e. The predicted octanol–water partition coefficient (Wildman–Crippen LogP) is -1.77. The molecule has 1 heterocycles. The van der Waals surface area contributed by atoms with Crippen LogP contribution in [0.25, 0.3) is 0 Å². The van der Waals surface area contributed by atoms with Gasteiger partial charge in [-0.3, -0.25) is 14.4 Å². The third-order valence-corrected chi connectivity index (χ3v) is 5.53. The zero-order valence-corrected chi connectivity index (χ0v) is 18.2. The average Bonchev–Trinajstić information content (AvgIpc) is 3.26. The fourth-order valence-corrected chi connectivity index (χ4v) is 3.66. The first-order valence-electron chi connectivity index (χ1n) is 10.1. The number of hydrogen-bond donors (Lipinski definition) is 7. The van der Waals surface area contributed by atoms with Gasteiger partial charge in [-0.1, -0.05) is 12.1 Å². The van der Waals surface area contributed by atoms with Gasteiger partial charge in [0.05, 0.1) is 12.6 Å². The zero-order chi connectivity index (χ0) is 23.8. The van der Waals surface area contributed by atoms with E-state index < -0.39 is 54.5 Å². The molecule has 7 N–H and O–H groups in total. The lowest BCUT2D eigenvalue weighted by Gasteiger charge is -2.28. The largest absolute Gasteiger partial charge is 0.508 e. The Morgan fingerprint density at radius 2 is 1.81 bits per heavy atom. The van der Waals surface area contributed by atoms with Gasteiger partial charge in [-0.15, -0.1) is 0 Å². The molecule has 0 radical (unpaired) electrons. The first-order valence-corrected chi connectivity index (χ1v) is 10.7. The van der Waals surface area contributed by atoms with Crippen molar-refractivity contribution >= 4 is 36.3 Å². The van der Waals surface area contributed by atoms with E-state index in [1.54, 1.807) is 12.1 Å². The molecule has 0 spiro atoms. The van der Waals surface area contributed by atoms with Crippen LogP contribution in [-0.2, 0) is 25.6 Å². The number of carbonyl (C=O) groups excluding carboxylic acids is 3. The number of likely N-dealkylation sites (tertiary alicyclic amines) is 1. The quantitative estimate of drug-likeness (QED) is 0.197. The average molecular weight is 469 g/mol. The maximum Gasteiger partial charge on any atom is 0.327 e. The molecule has 4 atom stereocenters. The number of carboxylic acids is 1. The molecule has 1 aromatic rings. The number of phenols is 1. The van der Waals surface area contributed by atoms with Crippen molar-refractivity contribution in [3.8, 4) is 5.75 Å². The van der Waals surface area contributed by atoms with Crippen LogP contribution in [0.2, 0.25) is 0 Å². The van der Waals surface area contributed by atoms with Crippen LogP contribution in [0.3, 0.4) is 0 Å². The van der Waals surface area contributed by atoms with Crippen molar-refractivity contribution in [2.45, 2.75) is 43.4 Å². The van der Waals surface area contributed by atoms with Gasteiger partial charge in [-0.05, 0) is 37.0 Å². The number of aliphatic hydroxyl groups excluding tert-OH is 1. The summed E-state index contributed by atoms with van der Waals surface area (Å²) >= 11 is 3.85. The van der Waals surface area contributed by atoms with Gasteiger partial charge in [-0.2, -0.15) is 12.6 Å². The van der Waals surface area contributed by atoms with Gasteiger partial charge >= 0.3 is 5.97 Å². The summed E-state index contributed by atoms with van der Waals surface area (Å²) in [6, 6.07) is 1.84. The Bertz CT molecular complexity index is 836. The van der Waals surface area contributed by atoms with Crippen LogP contribution >= 0.6 is 12.6 Å². The summed E-state index contributed by atoms with van der Waals surface area (Å²) in [7, 11) is 0. The van der Waals surface area contributed by atoms with Crippen LogP contribution < -0.4 is 16.4 Å². The highest BCUT2D eigenvalue weighted by molar-refractivity contribution is 7.80. The summed E-state index contributed by atoms with van der Waals surface area (Å²) < 4.78 is 0. The molecular weight excluding hydrogens is 440 g/mol. The smallest absolute Gasteiger partial charge is 0.327 e. The number of nitrogens with two attached hydrogens (primary N) is 1. The second kappa shape index (κ2) is 11.7. The Kier molecular flexibility index (Phi) is 9.29. The maximum absolute atomic E-state index is 12.8. The first kappa shape index (κ1) is 25.4. The lowest BCUT2D eigenvalue weighted by atomic mass is 10.0. The molecule has 1 fully saturated rings. The predicted molar refractivity (Wildman–Crippen MR) is 117 cm³/mol. The number of benzene rings is 1. The molecule has 0 saturated carbocycles. The number of nitrogens with one attached hydrogen (secondary N) is 2. The van der Waals surface area contributed by atoms with Gasteiger partial charge in [0, 0.05) is 12.3 Å². The highest BCUT2D eigenvalue weighted by Crippen LogP contribution is 2.20. The number of thiol groups is 1. The molecule has 2 rings (SSSR count). The van der Waals surface area contributed by atoms with E-state index in [9.17, 15) is 29.4 Å². The lowest BCUT2D eigenvalue weighted by Crippen LogP contribution is -2.58. The summed E-state index contributed by atoms with van der Waals surface area (Å²) in [5.74, 6) is -3.32. The topological polar surface area (TPSA) is 182 Å². The Hall–Kier alpha value is -2.83. The number of carboxylic acid groups (broad SMARTS) is 1. The molecule has 1 aromatic carbocycles. The Labute approximate surface area is 190 Å². The van der Waals surface area contributed by atoms with Crippen LogP contribution in [0.15, 0.2) is 24.3 Å². The van der Waals surface area contributed by atoms with Crippen molar-refractivity contribution in [2.75, 3.05) is 18.9 Å². The molecule has 4 unspecified atom stereocenters. The van der Waals surface area contributed by atoms with Crippen molar-refractivity contribution in [2.24, 2.45) is 5.73 Å². The molecule has 1 aliphatic rings. The number of aromatic hydroxyl groups is 1. The van der Waals surface area contributed by atoms with Gasteiger partial charge in [0.25, 0.3) is 0 Å². The summed E-state index contributed by atoms with van der Waals surface area (Å²) in [5.41, 5.74) is 6.80. The maximum atomic E-state index is 12.8. The molecule has 32 heavy (non-hydrogen) atoms. The monoisotopic (exact) mass is 468 g/mol. The van der Waals surface area contributed by atoms with E-state index in [2.05, 4.69) is 23.3 Å². The standard InChI is InChI=1S/C20H28N4O7S/c21-13(8-11-3-5-12(26)6-4-11)19(29)24-7-1-2-16(24)18(28)22-14(9-25)17(27)23-15(10-32)20(30)31/h3-6,13-16,25-26,32H,1-2,7-10,21H2,(H,22,28)(H,23,27)(H,30,31). The van der Waals surface area contributed by atoms with Crippen molar-refractivity contribution in [1.82, 2.24) is 15.5 Å². The number of aliphatic hydroxyl groups is 1. The first-order chi connectivity index (χ1) is 15.2. The van der Waals surface area contributed by atoms with Crippen LogP contribution in [0, 0.1) is 0 Å². The number of carbonyl (C=O) groups is 4. The van der Waals surface area contributed by atoms with E-state index in [4.69, 9.17) is 10.8 Å². The SMILES string of the molecule is NC(Cc1ccc(O)cc1)C(=O)N1CCCC1C(=O)NC(CO)C(=O)NC(CS)C(=O)O.